The molecule has 4 nitrogen and oxygen atoms in total. The molecule has 1 unspecified atom stereocenters. The fraction of sp³-hybridized carbons (Fsp3) is 0.150. The molecular formula is C20H18Cl2N2O2S. The van der Waals surface area contributed by atoms with Gasteiger partial charge in [0.1, 0.15) is 10.4 Å². The fourth-order valence-corrected chi connectivity index (χ4v) is 4.48. The molecule has 0 bridgehead atoms. The minimum atomic E-state index is -0.173. The maximum Gasteiger partial charge on any atom is 0.266 e. The van der Waals surface area contributed by atoms with Gasteiger partial charge in [0.15, 0.2) is 0 Å². The summed E-state index contributed by atoms with van der Waals surface area (Å²) in [6, 6.07) is 11.3. The van der Waals surface area contributed by atoms with E-state index < -0.39 is 0 Å². The van der Waals surface area contributed by atoms with Crippen LogP contribution >= 0.6 is 35.3 Å². The number of fused-ring (bicyclic) bond motifs is 3. The lowest BCUT2D eigenvalue weighted by molar-refractivity contribution is 0.478. The monoisotopic (exact) mass is 420 g/mol. The molecule has 4 N–H and O–H groups in total. The van der Waals surface area contributed by atoms with Crippen LogP contribution in [0.1, 0.15) is 18.4 Å². The molecule has 0 aliphatic carbocycles. The number of rotatable bonds is 3. The third-order valence-corrected chi connectivity index (χ3v) is 6.16. The van der Waals surface area contributed by atoms with Crippen molar-refractivity contribution in [2.24, 2.45) is 5.73 Å². The number of aromatic amines is 1. The molecule has 1 atom stereocenters. The lowest BCUT2D eigenvalue weighted by Crippen LogP contribution is -2.08. The number of phenols is 1. The Morgan fingerprint density at radius 2 is 1.89 bits per heavy atom. The van der Waals surface area contributed by atoms with E-state index in [1.165, 1.54) is 11.3 Å². The maximum atomic E-state index is 12.3. The van der Waals surface area contributed by atoms with Crippen molar-refractivity contribution in [3.8, 4) is 16.9 Å². The molecule has 4 aromatic rings. The molecule has 0 amide bonds. The van der Waals surface area contributed by atoms with Crippen LogP contribution in [0.4, 0.5) is 0 Å². The first-order valence-electron chi connectivity index (χ1n) is 8.26. The zero-order chi connectivity index (χ0) is 18.4. The van der Waals surface area contributed by atoms with E-state index in [2.05, 4.69) is 11.9 Å². The topological polar surface area (TPSA) is 79.1 Å². The number of phenolic OH excluding ortho intramolecular Hbond substituents is 1. The van der Waals surface area contributed by atoms with Crippen molar-refractivity contribution in [2.75, 3.05) is 6.54 Å². The molecule has 0 spiro atoms. The van der Waals surface area contributed by atoms with Gasteiger partial charge in [-0.1, -0.05) is 42.8 Å². The van der Waals surface area contributed by atoms with Crippen molar-refractivity contribution in [1.82, 2.24) is 4.98 Å². The van der Waals surface area contributed by atoms with Gasteiger partial charge in [0.2, 0.25) is 0 Å². The number of aromatic nitrogens is 1. The first kappa shape index (κ1) is 19.7. The highest BCUT2D eigenvalue weighted by molar-refractivity contribution is 7.18. The number of aromatic hydroxyl groups is 1. The van der Waals surface area contributed by atoms with E-state index in [-0.39, 0.29) is 29.6 Å². The standard InChI is InChI=1S/C20H17ClN2O2S.ClH/c1-10(8-22)11-2-4-12(5-3-11)16-15(24)7-6-14-18(16)17-13(21)9-26-19(17)20(25)23-14;/h2-7,9-10,24H,8,22H2,1H3,(H,23,25);1H. The van der Waals surface area contributed by atoms with Crippen molar-refractivity contribution >= 4 is 56.3 Å². The molecule has 7 heteroatoms. The average Bonchev–Trinajstić information content (AvgIpc) is 3.04. The number of nitrogens with one attached hydrogen (secondary N) is 1. The van der Waals surface area contributed by atoms with E-state index in [1.54, 1.807) is 17.5 Å². The average molecular weight is 421 g/mol. The molecule has 0 aliphatic rings. The van der Waals surface area contributed by atoms with Gasteiger partial charge in [0, 0.05) is 27.2 Å². The van der Waals surface area contributed by atoms with E-state index >= 15 is 0 Å². The second-order valence-corrected chi connectivity index (χ2v) is 7.67. The molecule has 0 saturated carbocycles. The number of hydrogen-bond donors (Lipinski definition) is 3. The lowest BCUT2D eigenvalue weighted by Gasteiger charge is -2.13. The minimum absolute atomic E-state index is 0. The Morgan fingerprint density at radius 1 is 1.19 bits per heavy atom. The molecule has 0 fully saturated rings. The van der Waals surface area contributed by atoms with Crippen LogP contribution in [0.25, 0.3) is 32.1 Å². The number of hydrogen-bond acceptors (Lipinski definition) is 4. The SMILES string of the molecule is CC(CN)c1ccc(-c2c(O)ccc3[nH]c(=O)c4scc(Cl)c4c23)cc1.Cl. The maximum absolute atomic E-state index is 12.3. The van der Waals surface area contributed by atoms with Crippen LogP contribution < -0.4 is 11.3 Å². The Hall–Kier alpha value is -2.05. The summed E-state index contributed by atoms with van der Waals surface area (Å²) in [6.45, 7) is 2.65. The van der Waals surface area contributed by atoms with E-state index in [9.17, 15) is 9.90 Å². The predicted octanol–water partition coefficient (Wildman–Crippen LogP) is 5.25. The normalized spacial score (nSPS) is 12.3. The van der Waals surface area contributed by atoms with Crippen LogP contribution in [0.2, 0.25) is 5.02 Å². The Kier molecular flexibility index (Phi) is 5.49. The van der Waals surface area contributed by atoms with Crippen LogP contribution in [0.5, 0.6) is 5.75 Å². The van der Waals surface area contributed by atoms with Gasteiger partial charge < -0.3 is 15.8 Å². The number of H-pyrrole nitrogens is 1. The van der Waals surface area contributed by atoms with Crippen LogP contribution in [0.3, 0.4) is 0 Å². The van der Waals surface area contributed by atoms with Gasteiger partial charge in [-0.15, -0.1) is 23.7 Å². The first-order valence-corrected chi connectivity index (χ1v) is 9.52. The summed E-state index contributed by atoms with van der Waals surface area (Å²) in [7, 11) is 0. The van der Waals surface area contributed by atoms with E-state index in [4.69, 9.17) is 17.3 Å². The molecule has 140 valence electrons. The molecule has 27 heavy (non-hydrogen) atoms. The zero-order valence-corrected chi connectivity index (χ0v) is 16.8. The zero-order valence-electron chi connectivity index (χ0n) is 14.5. The third kappa shape index (κ3) is 3.21. The highest BCUT2D eigenvalue weighted by Gasteiger charge is 2.18. The summed E-state index contributed by atoms with van der Waals surface area (Å²) in [4.78, 5) is 15.2. The number of thiophene rings is 1. The van der Waals surface area contributed by atoms with E-state index in [0.717, 1.165) is 16.5 Å². The smallest absolute Gasteiger partial charge is 0.266 e. The van der Waals surface area contributed by atoms with Gasteiger partial charge in [-0.2, -0.15) is 0 Å². The minimum Gasteiger partial charge on any atom is -0.507 e. The van der Waals surface area contributed by atoms with Gasteiger partial charge in [0.05, 0.1) is 5.02 Å². The van der Waals surface area contributed by atoms with E-state index in [1.807, 2.05) is 24.3 Å². The largest absolute Gasteiger partial charge is 0.507 e. The van der Waals surface area contributed by atoms with Gasteiger partial charge in [-0.25, -0.2) is 0 Å². The summed E-state index contributed by atoms with van der Waals surface area (Å²) < 4.78 is 0.558. The Labute approximate surface area is 171 Å². The molecule has 2 aromatic carbocycles. The Bertz CT molecular complexity index is 1180. The van der Waals surface area contributed by atoms with Gasteiger partial charge >= 0.3 is 0 Å². The van der Waals surface area contributed by atoms with Crippen molar-refractivity contribution in [3.05, 3.63) is 62.7 Å². The molecular weight excluding hydrogens is 403 g/mol. The molecule has 2 heterocycles. The summed E-state index contributed by atoms with van der Waals surface area (Å²) in [5.74, 6) is 0.410. The quantitative estimate of drug-likeness (QED) is 0.423. The van der Waals surface area contributed by atoms with Crippen molar-refractivity contribution in [2.45, 2.75) is 12.8 Å². The summed E-state index contributed by atoms with van der Waals surface area (Å²) >= 11 is 7.69. The van der Waals surface area contributed by atoms with Crippen molar-refractivity contribution in [1.29, 1.82) is 0 Å². The van der Waals surface area contributed by atoms with Gasteiger partial charge in [0.25, 0.3) is 5.56 Å². The second kappa shape index (κ2) is 7.52. The molecule has 2 aromatic heterocycles. The first-order chi connectivity index (χ1) is 12.5. The number of pyridine rings is 1. The Balaban J connectivity index is 0.00000210. The van der Waals surface area contributed by atoms with E-state index in [0.29, 0.717) is 32.7 Å². The number of halogens is 2. The van der Waals surface area contributed by atoms with Crippen molar-refractivity contribution in [3.63, 3.8) is 0 Å². The fourth-order valence-electron chi connectivity index (χ4n) is 3.28. The second-order valence-electron chi connectivity index (χ2n) is 6.38. The van der Waals surface area contributed by atoms with Gasteiger partial charge in [-0.3, -0.25) is 4.79 Å². The summed E-state index contributed by atoms with van der Waals surface area (Å²) in [5, 5.41) is 14.3. The number of benzene rings is 2. The highest BCUT2D eigenvalue weighted by atomic mass is 35.5. The molecule has 4 rings (SSSR count). The van der Waals surface area contributed by atoms with Crippen LogP contribution in [0.15, 0.2) is 46.6 Å². The molecule has 0 saturated heterocycles. The van der Waals surface area contributed by atoms with Crippen LogP contribution in [-0.4, -0.2) is 16.6 Å². The highest BCUT2D eigenvalue weighted by Crippen LogP contribution is 2.42. The summed E-state index contributed by atoms with van der Waals surface area (Å²) in [5.41, 5.74) is 8.88. The molecule has 0 radical (unpaired) electrons. The predicted molar refractivity (Wildman–Crippen MR) is 117 cm³/mol. The van der Waals surface area contributed by atoms with Crippen LogP contribution in [-0.2, 0) is 0 Å². The third-order valence-electron chi connectivity index (χ3n) is 4.76. The lowest BCUT2D eigenvalue weighted by atomic mass is 9.94. The number of nitrogens with two attached hydrogens (primary N) is 1. The van der Waals surface area contributed by atoms with Gasteiger partial charge in [-0.05, 0) is 35.7 Å². The van der Waals surface area contributed by atoms with Crippen molar-refractivity contribution < 1.29 is 5.11 Å². The molecule has 0 aliphatic heterocycles. The van der Waals surface area contributed by atoms with Crippen LogP contribution in [0, 0.1) is 0 Å². The summed E-state index contributed by atoms with van der Waals surface area (Å²) in [6.07, 6.45) is 0. The Morgan fingerprint density at radius 3 is 2.56 bits per heavy atom.